The third-order valence-electron chi connectivity index (χ3n) is 6.15. The van der Waals surface area contributed by atoms with Gasteiger partial charge in [0.15, 0.2) is 0 Å². The Hall–Kier alpha value is -3.72. The number of hydrogen-bond acceptors (Lipinski definition) is 2. The smallest absolute Gasteiger partial charge is 0.0944 e. The summed E-state index contributed by atoms with van der Waals surface area (Å²) in [6.45, 7) is 14.8. The van der Waals surface area contributed by atoms with Gasteiger partial charge in [-0.3, -0.25) is 4.99 Å². The van der Waals surface area contributed by atoms with Crippen LogP contribution >= 0.6 is 0 Å². The van der Waals surface area contributed by atoms with Gasteiger partial charge < -0.3 is 4.98 Å². The molecule has 0 unspecified atom stereocenters. The Bertz CT molecular complexity index is 1360. The van der Waals surface area contributed by atoms with Gasteiger partial charge in [-0.15, -0.1) is 0 Å². The zero-order valence-corrected chi connectivity index (χ0v) is 21.2. The molecular weight excluding hydrogens is 414 g/mol. The Labute approximate surface area is 203 Å². The van der Waals surface area contributed by atoms with Crippen molar-refractivity contribution in [3.63, 3.8) is 0 Å². The number of aromatic amines is 1. The van der Waals surface area contributed by atoms with Gasteiger partial charge in [0.25, 0.3) is 0 Å². The third kappa shape index (κ3) is 4.94. The summed E-state index contributed by atoms with van der Waals surface area (Å²) in [7, 11) is 0. The minimum Gasteiger partial charge on any atom is -0.352 e. The number of nitrogens with zero attached hydrogens (tertiary/aromatic N) is 2. The minimum absolute atomic E-state index is 0.928. The molecule has 0 aliphatic heterocycles. The van der Waals surface area contributed by atoms with E-state index in [9.17, 15) is 0 Å². The van der Waals surface area contributed by atoms with Crippen LogP contribution in [0, 0.1) is 41.5 Å². The van der Waals surface area contributed by atoms with E-state index in [1.54, 1.807) is 0 Å². The van der Waals surface area contributed by atoms with Crippen LogP contribution in [0.25, 0.3) is 0 Å². The van der Waals surface area contributed by atoms with Gasteiger partial charge in [-0.1, -0.05) is 65.7 Å². The first-order valence-corrected chi connectivity index (χ1v) is 11.8. The molecule has 0 aliphatic rings. The quantitative estimate of drug-likeness (QED) is 0.300. The lowest BCUT2D eigenvalue weighted by molar-refractivity contribution is 1.26. The molecule has 0 amide bonds. The Kier molecular flexibility index (Phi) is 6.65. The van der Waals surface area contributed by atoms with E-state index in [1.807, 2.05) is 6.07 Å². The van der Waals surface area contributed by atoms with Crippen LogP contribution in [0.5, 0.6) is 0 Å². The summed E-state index contributed by atoms with van der Waals surface area (Å²) in [6, 6.07) is 23.3. The Morgan fingerprint density at radius 1 is 0.588 bits per heavy atom. The van der Waals surface area contributed by atoms with Gasteiger partial charge in [0, 0.05) is 5.56 Å². The highest BCUT2D eigenvalue weighted by Gasteiger charge is 2.13. The fraction of sp³-hybridized carbons (Fsp3) is 0.226. The van der Waals surface area contributed by atoms with E-state index in [4.69, 9.17) is 9.98 Å². The molecule has 4 rings (SSSR count). The number of aromatic nitrogens is 1. The molecule has 0 saturated heterocycles. The van der Waals surface area contributed by atoms with Crippen LogP contribution in [0.3, 0.4) is 0 Å². The SMILES string of the molecule is CC(=Nc1c(C)cc(C)cc1C)c1ccc(C(=Nc2c(C)cc(C)cc2C)c2ccccc2)[nH]1. The van der Waals surface area contributed by atoms with Gasteiger partial charge in [0.2, 0.25) is 0 Å². The number of nitrogens with one attached hydrogen (secondary N) is 1. The van der Waals surface area contributed by atoms with Crippen molar-refractivity contribution < 1.29 is 0 Å². The maximum absolute atomic E-state index is 5.18. The summed E-state index contributed by atoms with van der Waals surface area (Å²) in [4.78, 5) is 13.8. The fourth-order valence-corrected chi connectivity index (χ4v) is 4.66. The van der Waals surface area contributed by atoms with Crippen LogP contribution < -0.4 is 0 Å². The number of H-pyrrole nitrogens is 1. The van der Waals surface area contributed by atoms with Crippen molar-refractivity contribution in [3.05, 3.63) is 117 Å². The molecule has 3 nitrogen and oxygen atoms in total. The molecule has 0 fully saturated rings. The molecule has 1 N–H and O–H groups in total. The summed E-state index contributed by atoms with van der Waals surface area (Å²) in [5.41, 5.74) is 14.3. The molecule has 0 spiro atoms. The van der Waals surface area contributed by atoms with Gasteiger partial charge in [0.05, 0.1) is 34.2 Å². The highest BCUT2D eigenvalue weighted by molar-refractivity contribution is 6.14. The van der Waals surface area contributed by atoms with Crippen molar-refractivity contribution in [2.75, 3.05) is 0 Å². The Morgan fingerprint density at radius 2 is 1.06 bits per heavy atom. The van der Waals surface area contributed by atoms with E-state index >= 15 is 0 Å². The molecule has 1 aromatic heterocycles. The lowest BCUT2D eigenvalue weighted by Crippen LogP contribution is -2.05. The molecule has 172 valence electrons. The zero-order valence-electron chi connectivity index (χ0n) is 21.2. The van der Waals surface area contributed by atoms with Gasteiger partial charge in [-0.2, -0.15) is 0 Å². The van der Waals surface area contributed by atoms with Crippen LogP contribution in [0.4, 0.5) is 11.4 Å². The van der Waals surface area contributed by atoms with Crippen molar-refractivity contribution in [2.24, 2.45) is 9.98 Å². The molecule has 0 bridgehead atoms. The van der Waals surface area contributed by atoms with Crippen molar-refractivity contribution in [3.8, 4) is 0 Å². The number of benzene rings is 3. The minimum atomic E-state index is 0.928. The van der Waals surface area contributed by atoms with Gasteiger partial charge in [-0.25, -0.2) is 4.99 Å². The largest absolute Gasteiger partial charge is 0.352 e. The first-order chi connectivity index (χ1) is 16.2. The molecule has 1 heterocycles. The second-order valence-corrected chi connectivity index (χ2v) is 9.30. The average Bonchev–Trinajstić information content (AvgIpc) is 3.26. The van der Waals surface area contributed by atoms with Crippen LogP contribution in [-0.4, -0.2) is 16.4 Å². The van der Waals surface area contributed by atoms with Crippen molar-refractivity contribution in [2.45, 2.75) is 48.5 Å². The van der Waals surface area contributed by atoms with Gasteiger partial charge in [0.1, 0.15) is 0 Å². The molecule has 4 aromatic rings. The topological polar surface area (TPSA) is 40.5 Å². The van der Waals surface area contributed by atoms with Crippen LogP contribution in [0.1, 0.15) is 57.3 Å². The maximum atomic E-state index is 5.18. The lowest BCUT2D eigenvalue weighted by atomic mass is 10.0. The standard InChI is InChI=1S/C31H33N3/c1-19-15-21(3)29(22(4)16-19)32-25(7)27-13-14-28(33-27)31(26-11-9-8-10-12-26)34-30-23(5)17-20(2)18-24(30)6/h8-18,33H,1-7H3. The number of aliphatic imine (C=N–C) groups is 2. The third-order valence-corrected chi connectivity index (χ3v) is 6.15. The highest BCUT2D eigenvalue weighted by atomic mass is 14.9. The monoisotopic (exact) mass is 447 g/mol. The van der Waals surface area contributed by atoms with E-state index < -0.39 is 0 Å². The zero-order chi connectivity index (χ0) is 24.4. The van der Waals surface area contributed by atoms with E-state index in [2.05, 4.69) is 114 Å². The Balaban J connectivity index is 1.80. The molecule has 3 heteroatoms. The molecule has 3 aromatic carbocycles. The molecule has 0 atom stereocenters. The first-order valence-electron chi connectivity index (χ1n) is 11.8. The van der Waals surface area contributed by atoms with Crippen molar-refractivity contribution in [1.82, 2.24) is 4.98 Å². The van der Waals surface area contributed by atoms with E-state index in [1.165, 1.54) is 33.4 Å². The normalized spacial score (nSPS) is 12.3. The second-order valence-electron chi connectivity index (χ2n) is 9.30. The van der Waals surface area contributed by atoms with Crippen LogP contribution in [-0.2, 0) is 0 Å². The molecule has 0 saturated carbocycles. The van der Waals surface area contributed by atoms with E-state index in [0.29, 0.717) is 0 Å². The lowest BCUT2D eigenvalue weighted by Gasteiger charge is -2.11. The molecular formula is C31H33N3. The summed E-state index contributed by atoms with van der Waals surface area (Å²) >= 11 is 0. The second kappa shape index (κ2) is 9.64. The summed E-state index contributed by atoms with van der Waals surface area (Å²) in [5.74, 6) is 0. The predicted molar refractivity (Wildman–Crippen MR) is 146 cm³/mol. The van der Waals surface area contributed by atoms with Gasteiger partial charge in [-0.05, 0) is 82.9 Å². The number of hydrogen-bond donors (Lipinski definition) is 1. The van der Waals surface area contributed by atoms with Gasteiger partial charge >= 0.3 is 0 Å². The summed E-state index contributed by atoms with van der Waals surface area (Å²) in [5, 5.41) is 0. The van der Waals surface area contributed by atoms with E-state index in [0.717, 1.165) is 39.7 Å². The maximum Gasteiger partial charge on any atom is 0.0944 e. The number of aryl methyl sites for hydroxylation is 6. The predicted octanol–water partition coefficient (Wildman–Crippen LogP) is 8.18. The summed E-state index contributed by atoms with van der Waals surface area (Å²) in [6.07, 6.45) is 0. The number of rotatable bonds is 5. The highest BCUT2D eigenvalue weighted by Crippen LogP contribution is 2.28. The first kappa shape index (κ1) is 23.4. The van der Waals surface area contributed by atoms with E-state index in [-0.39, 0.29) is 0 Å². The van der Waals surface area contributed by atoms with Crippen LogP contribution in [0.15, 0.2) is 76.7 Å². The van der Waals surface area contributed by atoms with Crippen molar-refractivity contribution >= 4 is 22.8 Å². The molecule has 0 aliphatic carbocycles. The average molecular weight is 448 g/mol. The fourth-order valence-electron chi connectivity index (χ4n) is 4.66. The van der Waals surface area contributed by atoms with Crippen molar-refractivity contribution in [1.29, 1.82) is 0 Å². The summed E-state index contributed by atoms with van der Waals surface area (Å²) < 4.78 is 0. The molecule has 34 heavy (non-hydrogen) atoms. The molecule has 0 radical (unpaired) electrons. The van der Waals surface area contributed by atoms with Crippen LogP contribution in [0.2, 0.25) is 0 Å². The Morgan fingerprint density at radius 3 is 1.59 bits per heavy atom.